The van der Waals surface area contributed by atoms with E-state index in [0.717, 1.165) is 23.5 Å². The molecule has 0 radical (unpaired) electrons. The average molecular weight is 263 g/mol. The largest absolute Gasteiger partial charge is 0.385 e. The van der Waals surface area contributed by atoms with Gasteiger partial charge in [-0.15, -0.1) is 0 Å². The number of rotatable bonds is 6. The molecule has 1 fully saturated rings. The zero-order chi connectivity index (χ0) is 12.0. The first kappa shape index (κ1) is 14.7. The van der Waals surface area contributed by atoms with Gasteiger partial charge in [-0.05, 0) is 19.4 Å². The molecule has 0 amide bonds. The lowest BCUT2D eigenvalue weighted by Crippen LogP contribution is -2.47. The van der Waals surface area contributed by atoms with E-state index in [1.54, 1.807) is 7.11 Å². The van der Waals surface area contributed by atoms with E-state index in [4.69, 9.17) is 4.74 Å². The molecule has 1 saturated heterocycles. The second kappa shape index (κ2) is 7.85. The van der Waals surface area contributed by atoms with Gasteiger partial charge in [0.1, 0.15) is 0 Å². The van der Waals surface area contributed by atoms with E-state index in [0.29, 0.717) is 12.0 Å². The number of ether oxygens (including phenoxy) is 1. The molecule has 4 atom stereocenters. The van der Waals surface area contributed by atoms with Crippen LogP contribution in [0.4, 0.5) is 0 Å². The summed E-state index contributed by atoms with van der Waals surface area (Å²) in [6.07, 6.45) is 1.15. The van der Waals surface area contributed by atoms with Gasteiger partial charge in [0.2, 0.25) is 0 Å². The predicted molar refractivity (Wildman–Crippen MR) is 76.7 cm³/mol. The molecule has 1 aliphatic rings. The predicted octanol–water partition coefficient (Wildman–Crippen LogP) is 2.48. The third-order valence-corrected chi connectivity index (χ3v) is 6.53. The normalized spacial score (nSPS) is 30.0. The van der Waals surface area contributed by atoms with Gasteiger partial charge >= 0.3 is 0 Å². The highest BCUT2D eigenvalue weighted by atomic mass is 32.2. The Morgan fingerprint density at radius 3 is 2.62 bits per heavy atom. The fourth-order valence-corrected chi connectivity index (χ4v) is 5.43. The molecule has 0 aromatic carbocycles. The molecule has 0 bridgehead atoms. The van der Waals surface area contributed by atoms with Crippen molar-refractivity contribution in [3.05, 3.63) is 0 Å². The fraction of sp³-hybridized carbons (Fsp3) is 1.00. The van der Waals surface area contributed by atoms with E-state index >= 15 is 0 Å². The van der Waals surface area contributed by atoms with Crippen molar-refractivity contribution in [2.75, 3.05) is 32.3 Å². The molecule has 96 valence electrons. The van der Waals surface area contributed by atoms with Crippen molar-refractivity contribution in [3.63, 3.8) is 0 Å². The Bertz CT molecular complexity index is 192. The van der Waals surface area contributed by atoms with E-state index < -0.39 is 0 Å². The van der Waals surface area contributed by atoms with Gasteiger partial charge in [0.15, 0.2) is 0 Å². The molecule has 0 aromatic heterocycles. The Kier molecular flexibility index (Phi) is 7.20. The van der Waals surface area contributed by atoms with Gasteiger partial charge in [-0.25, -0.2) is 0 Å². The maximum Gasteiger partial charge on any atom is 0.0465 e. The summed E-state index contributed by atoms with van der Waals surface area (Å²) >= 11 is 4.26. The lowest BCUT2D eigenvalue weighted by Gasteiger charge is -2.37. The Balaban J connectivity index is 2.50. The first-order chi connectivity index (χ1) is 7.70. The molecule has 0 spiro atoms. The number of thioether (sulfide) groups is 2. The summed E-state index contributed by atoms with van der Waals surface area (Å²) < 4.78 is 5.18. The van der Waals surface area contributed by atoms with Crippen molar-refractivity contribution >= 4 is 23.5 Å². The highest BCUT2D eigenvalue weighted by Crippen LogP contribution is 2.35. The molecular formula is C12H25NOS2. The van der Waals surface area contributed by atoms with Crippen molar-refractivity contribution < 1.29 is 4.74 Å². The first-order valence-electron chi connectivity index (χ1n) is 6.10. The number of hydrogen-bond donors (Lipinski definition) is 1. The lowest BCUT2D eigenvalue weighted by molar-refractivity contribution is 0.170. The van der Waals surface area contributed by atoms with E-state index in [-0.39, 0.29) is 0 Å². The number of nitrogens with one attached hydrogen (secondary N) is 1. The summed E-state index contributed by atoms with van der Waals surface area (Å²) in [4.78, 5) is 0. The van der Waals surface area contributed by atoms with Gasteiger partial charge in [0, 0.05) is 41.8 Å². The van der Waals surface area contributed by atoms with Crippen LogP contribution in [0.3, 0.4) is 0 Å². The van der Waals surface area contributed by atoms with Crippen LogP contribution < -0.4 is 5.32 Å². The Morgan fingerprint density at radius 2 is 2.06 bits per heavy atom. The molecule has 1 N–H and O–H groups in total. The topological polar surface area (TPSA) is 21.3 Å². The molecule has 4 heteroatoms. The summed E-state index contributed by atoms with van der Waals surface area (Å²) in [7, 11) is 3.88. The summed E-state index contributed by atoms with van der Waals surface area (Å²) in [6.45, 7) is 5.58. The van der Waals surface area contributed by atoms with Gasteiger partial charge in [-0.3, -0.25) is 0 Å². The van der Waals surface area contributed by atoms with E-state index in [9.17, 15) is 0 Å². The van der Waals surface area contributed by atoms with Crippen LogP contribution in [0.5, 0.6) is 0 Å². The third kappa shape index (κ3) is 4.13. The minimum atomic E-state index is 0.614. The Morgan fingerprint density at radius 1 is 1.38 bits per heavy atom. The maximum atomic E-state index is 5.18. The molecular weight excluding hydrogens is 238 g/mol. The van der Waals surface area contributed by atoms with Crippen LogP contribution in [0, 0.1) is 5.92 Å². The van der Waals surface area contributed by atoms with Crippen molar-refractivity contribution in [3.8, 4) is 0 Å². The van der Waals surface area contributed by atoms with Crippen LogP contribution >= 0.6 is 23.5 Å². The highest BCUT2D eigenvalue weighted by molar-refractivity contribution is 8.07. The van der Waals surface area contributed by atoms with Crippen molar-refractivity contribution in [2.45, 2.75) is 36.8 Å². The molecule has 1 aliphatic heterocycles. The van der Waals surface area contributed by atoms with Gasteiger partial charge in [0.25, 0.3) is 0 Å². The van der Waals surface area contributed by atoms with Crippen LogP contribution in [0.1, 0.15) is 20.3 Å². The van der Waals surface area contributed by atoms with Crippen LogP contribution in [0.15, 0.2) is 0 Å². The first-order valence-corrected chi connectivity index (χ1v) is 8.19. The van der Waals surface area contributed by atoms with Gasteiger partial charge in [0.05, 0.1) is 0 Å². The minimum absolute atomic E-state index is 0.614. The summed E-state index contributed by atoms with van der Waals surface area (Å²) in [6, 6.07) is 0.614. The zero-order valence-corrected chi connectivity index (χ0v) is 12.5. The average Bonchev–Trinajstić information content (AvgIpc) is 2.30. The van der Waals surface area contributed by atoms with Crippen molar-refractivity contribution in [1.29, 1.82) is 0 Å². The van der Waals surface area contributed by atoms with Crippen LogP contribution in [0.2, 0.25) is 0 Å². The number of hydrogen-bond acceptors (Lipinski definition) is 4. The quantitative estimate of drug-likeness (QED) is 0.794. The molecule has 2 nitrogen and oxygen atoms in total. The Labute approximate surface area is 109 Å². The Hall–Kier alpha value is 0.620. The SMILES string of the molecule is CNC(C(C)CCOC)C1SCCSC1C. The maximum absolute atomic E-state index is 5.18. The highest BCUT2D eigenvalue weighted by Gasteiger charge is 2.32. The third-order valence-electron chi connectivity index (χ3n) is 3.31. The smallest absolute Gasteiger partial charge is 0.0465 e. The zero-order valence-electron chi connectivity index (χ0n) is 10.9. The summed E-state index contributed by atoms with van der Waals surface area (Å²) in [5.74, 6) is 3.30. The molecule has 0 aliphatic carbocycles. The molecule has 1 heterocycles. The molecule has 0 saturated carbocycles. The second-order valence-corrected chi connectivity index (χ2v) is 7.26. The monoisotopic (exact) mass is 263 g/mol. The van der Waals surface area contributed by atoms with Crippen molar-refractivity contribution in [1.82, 2.24) is 5.32 Å². The molecule has 1 rings (SSSR count). The van der Waals surface area contributed by atoms with Crippen LogP contribution in [-0.4, -0.2) is 48.8 Å². The van der Waals surface area contributed by atoms with E-state index in [1.165, 1.54) is 11.5 Å². The molecule has 16 heavy (non-hydrogen) atoms. The molecule has 4 unspecified atom stereocenters. The summed E-state index contributed by atoms with van der Waals surface area (Å²) in [5.41, 5.74) is 0. The minimum Gasteiger partial charge on any atom is -0.385 e. The van der Waals surface area contributed by atoms with Crippen LogP contribution in [0.25, 0.3) is 0 Å². The van der Waals surface area contributed by atoms with Gasteiger partial charge in [-0.1, -0.05) is 13.8 Å². The van der Waals surface area contributed by atoms with Gasteiger partial charge in [-0.2, -0.15) is 23.5 Å². The van der Waals surface area contributed by atoms with E-state index in [2.05, 4.69) is 49.7 Å². The second-order valence-electron chi connectivity index (χ2n) is 4.48. The van der Waals surface area contributed by atoms with Crippen molar-refractivity contribution in [2.24, 2.45) is 5.92 Å². The summed E-state index contributed by atoms with van der Waals surface area (Å²) in [5, 5.41) is 5.03. The standard InChI is InChI=1S/C12H25NOS2/c1-9(5-6-14-4)11(13-3)12-10(2)15-7-8-16-12/h9-13H,5-8H2,1-4H3. The van der Waals surface area contributed by atoms with Gasteiger partial charge < -0.3 is 10.1 Å². The molecule has 0 aromatic rings. The number of methoxy groups -OCH3 is 1. The van der Waals surface area contributed by atoms with E-state index in [1.807, 2.05) is 0 Å². The van der Waals surface area contributed by atoms with Crippen LogP contribution in [-0.2, 0) is 4.74 Å². The fourth-order valence-electron chi connectivity index (χ4n) is 2.30. The lowest BCUT2D eigenvalue weighted by atomic mass is 9.94.